The summed E-state index contributed by atoms with van der Waals surface area (Å²) in [5, 5.41) is 0. The van der Waals surface area contributed by atoms with Gasteiger partial charge in [-0.05, 0) is 57.4 Å². The second-order valence-corrected chi connectivity index (χ2v) is 8.03. The highest BCUT2D eigenvalue weighted by Crippen LogP contribution is 2.20. The fourth-order valence-electron chi connectivity index (χ4n) is 1.61. The molecule has 0 aromatic heterocycles. The fraction of sp³-hybridized carbons (Fsp3) is 0.600. The normalized spacial score (nSPS) is 12.7. The molecule has 4 nitrogen and oxygen atoms in total. The van der Waals surface area contributed by atoms with Crippen LogP contribution in [-0.4, -0.2) is 20.6 Å². The van der Waals surface area contributed by atoms with Crippen molar-refractivity contribution in [2.45, 2.75) is 51.5 Å². The maximum atomic E-state index is 12.1. The number of benzene rings is 1. The van der Waals surface area contributed by atoms with E-state index in [2.05, 4.69) is 18.6 Å². The lowest BCUT2D eigenvalue weighted by molar-refractivity contribution is 0.131. The first-order chi connectivity index (χ1) is 9.10. The Kier molecular flexibility index (Phi) is 5.59. The second kappa shape index (κ2) is 6.59. The molecule has 1 aromatic carbocycles. The third-order valence-corrected chi connectivity index (χ3v) is 4.05. The molecule has 20 heavy (non-hydrogen) atoms. The largest absolute Gasteiger partial charge is 0.488 e. The first-order valence-electron chi connectivity index (χ1n) is 6.89. The van der Waals surface area contributed by atoms with E-state index in [-0.39, 0.29) is 10.5 Å². The zero-order valence-electron chi connectivity index (χ0n) is 12.9. The highest BCUT2D eigenvalue weighted by Gasteiger charge is 2.15. The Balaban J connectivity index is 2.72. The third-order valence-electron chi connectivity index (χ3n) is 2.57. The minimum atomic E-state index is -3.42. The molecule has 1 N–H and O–H groups in total. The molecule has 0 aliphatic rings. The van der Waals surface area contributed by atoms with E-state index in [1.54, 1.807) is 24.3 Å². The zero-order valence-corrected chi connectivity index (χ0v) is 13.8. The van der Waals surface area contributed by atoms with Gasteiger partial charge in [0.05, 0.1) is 4.90 Å². The Morgan fingerprint density at radius 1 is 1.15 bits per heavy atom. The molecule has 0 atom stereocenters. The molecule has 1 rings (SSSR count). The summed E-state index contributed by atoms with van der Waals surface area (Å²) in [6, 6.07) is 6.50. The second-order valence-electron chi connectivity index (χ2n) is 6.27. The highest BCUT2D eigenvalue weighted by atomic mass is 32.2. The summed E-state index contributed by atoms with van der Waals surface area (Å²) in [7, 11) is -3.42. The Labute approximate surface area is 122 Å². The predicted molar refractivity (Wildman–Crippen MR) is 81.5 cm³/mol. The third kappa shape index (κ3) is 5.92. The summed E-state index contributed by atoms with van der Waals surface area (Å²) in [4.78, 5) is 0.266. The molecule has 0 amide bonds. The van der Waals surface area contributed by atoms with E-state index >= 15 is 0 Å². The van der Waals surface area contributed by atoms with Crippen molar-refractivity contribution in [2.75, 3.05) is 6.54 Å². The van der Waals surface area contributed by atoms with Gasteiger partial charge in [0.25, 0.3) is 0 Å². The van der Waals surface area contributed by atoms with Crippen molar-refractivity contribution >= 4 is 10.0 Å². The van der Waals surface area contributed by atoms with Gasteiger partial charge in [0, 0.05) is 6.54 Å². The maximum absolute atomic E-state index is 12.1. The molecule has 0 saturated carbocycles. The van der Waals surface area contributed by atoms with Gasteiger partial charge >= 0.3 is 0 Å². The summed E-state index contributed by atoms with van der Waals surface area (Å²) in [6.45, 7) is 10.4. The Hall–Kier alpha value is -1.07. The van der Waals surface area contributed by atoms with Crippen LogP contribution in [0.4, 0.5) is 0 Å². The lowest BCUT2D eigenvalue weighted by Gasteiger charge is -2.21. The Bertz CT molecular complexity index is 513. The van der Waals surface area contributed by atoms with E-state index < -0.39 is 10.0 Å². The number of hydrogen-bond donors (Lipinski definition) is 1. The highest BCUT2D eigenvalue weighted by molar-refractivity contribution is 7.89. The van der Waals surface area contributed by atoms with Crippen LogP contribution in [0.3, 0.4) is 0 Å². The lowest BCUT2D eigenvalue weighted by Crippen LogP contribution is -2.26. The number of sulfonamides is 1. The van der Waals surface area contributed by atoms with E-state index in [0.717, 1.165) is 6.42 Å². The molecular formula is C15H25NO3S. The number of nitrogens with one attached hydrogen (secondary N) is 1. The fourth-order valence-corrected chi connectivity index (χ4v) is 2.65. The SMILES string of the molecule is CC(C)CCNS(=O)(=O)c1ccc(OC(C)(C)C)cc1. The summed E-state index contributed by atoms with van der Waals surface area (Å²) in [6.07, 6.45) is 0.824. The minimum Gasteiger partial charge on any atom is -0.488 e. The zero-order chi connectivity index (χ0) is 15.4. The van der Waals surface area contributed by atoms with Crippen molar-refractivity contribution < 1.29 is 13.2 Å². The van der Waals surface area contributed by atoms with Gasteiger partial charge in [-0.15, -0.1) is 0 Å². The van der Waals surface area contributed by atoms with Crippen LogP contribution >= 0.6 is 0 Å². The van der Waals surface area contributed by atoms with Crippen LogP contribution in [0.15, 0.2) is 29.2 Å². The van der Waals surface area contributed by atoms with E-state index in [1.165, 1.54) is 0 Å². The smallest absolute Gasteiger partial charge is 0.240 e. The molecule has 0 spiro atoms. The molecule has 0 fully saturated rings. The van der Waals surface area contributed by atoms with Gasteiger partial charge < -0.3 is 4.74 Å². The van der Waals surface area contributed by atoms with Gasteiger partial charge in [0.2, 0.25) is 10.0 Å². The first kappa shape index (κ1) is 17.0. The van der Waals surface area contributed by atoms with Crippen LogP contribution in [0.1, 0.15) is 41.0 Å². The molecule has 0 radical (unpaired) electrons. The van der Waals surface area contributed by atoms with Gasteiger partial charge in [-0.1, -0.05) is 13.8 Å². The molecule has 0 aliphatic heterocycles. The van der Waals surface area contributed by atoms with Gasteiger partial charge in [-0.3, -0.25) is 0 Å². The average molecular weight is 299 g/mol. The first-order valence-corrected chi connectivity index (χ1v) is 8.37. The Morgan fingerprint density at radius 2 is 1.70 bits per heavy atom. The summed E-state index contributed by atoms with van der Waals surface area (Å²) in [5.74, 6) is 1.14. The lowest BCUT2D eigenvalue weighted by atomic mass is 10.1. The average Bonchev–Trinajstić information content (AvgIpc) is 2.26. The minimum absolute atomic E-state index is 0.266. The molecule has 0 bridgehead atoms. The molecule has 0 saturated heterocycles. The van der Waals surface area contributed by atoms with Crippen LogP contribution in [0.25, 0.3) is 0 Å². The maximum Gasteiger partial charge on any atom is 0.240 e. The summed E-state index contributed by atoms with van der Waals surface area (Å²) in [5.41, 5.74) is -0.296. The van der Waals surface area contributed by atoms with Gasteiger partial charge in [0.15, 0.2) is 0 Å². The molecule has 114 valence electrons. The van der Waals surface area contributed by atoms with E-state index in [0.29, 0.717) is 18.2 Å². The van der Waals surface area contributed by atoms with Gasteiger partial charge in [-0.25, -0.2) is 13.1 Å². The molecule has 1 aromatic rings. The van der Waals surface area contributed by atoms with Crippen LogP contribution in [0.2, 0.25) is 0 Å². The molecule has 0 aliphatic carbocycles. The molecule has 0 unspecified atom stereocenters. The van der Waals surface area contributed by atoms with Crippen molar-refractivity contribution in [3.05, 3.63) is 24.3 Å². The predicted octanol–water partition coefficient (Wildman–Crippen LogP) is 3.19. The topological polar surface area (TPSA) is 55.4 Å². The van der Waals surface area contributed by atoms with Gasteiger partial charge in [-0.2, -0.15) is 0 Å². The van der Waals surface area contributed by atoms with Crippen molar-refractivity contribution in [1.82, 2.24) is 4.72 Å². The van der Waals surface area contributed by atoms with Crippen LogP contribution in [0, 0.1) is 5.92 Å². The molecule has 5 heteroatoms. The van der Waals surface area contributed by atoms with E-state index in [9.17, 15) is 8.42 Å². The summed E-state index contributed by atoms with van der Waals surface area (Å²) >= 11 is 0. The van der Waals surface area contributed by atoms with Crippen LogP contribution in [-0.2, 0) is 10.0 Å². The van der Waals surface area contributed by atoms with Crippen molar-refractivity contribution in [3.8, 4) is 5.75 Å². The summed E-state index contributed by atoms with van der Waals surface area (Å²) < 4.78 is 32.4. The van der Waals surface area contributed by atoms with Crippen LogP contribution in [0.5, 0.6) is 5.75 Å². The molecule has 0 heterocycles. The number of hydrogen-bond acceptors (Lipinski definition) is 3. The monoisotopic (exact) mass is 299 g/mol. The van der Waals surface area contributed by atoms with Crippen molar-refractivity contribution in [1.29, 1.82) is 0 Å². The Morgan fingerprint density at radius 3 is 2.15 bits per heavy atom. The number of rotatable bonds is 6. The van der Waals surface area contributed by atoms with Crippen molar-refractivity contribution in [2.24, 2.45) is 5.92 Å². The van der Waals surface area contributed by atoms with E-state index in [4.69, 9.17) is 4.74 Å². The quantitative estimate of drug-likeness (QED) is 0.877. The standard InChI is InChI=1S/C15H25NO3S/c1-12(2)10-11-16-20(17,18)14-8-6-13(7-9-14)19-15(3,4)5/h6-9,12,16H,10-11H2,1-5H3. The van der Waals surface area contributed by atoms with E-state index in [1.807, 2.05) is 20.8 Å². The molecular weight excluding hydrogens is 274 g/mol. The number of ether oxygens (including phenoxy) is 1. The van der Waals surface area contributed by atoms with Crippen LogP contribution < -0.4 is 9.46 Å². The van der Waals surface area contributed by atoms with Crippen molar-refractivity contribution in [3.63, 3.8) is 0 Å². The van der Waals surface area contributed by atoms with Gasteiger partial charge in [0.1, 0.15) is 11.4 Å².